The second kappa shape index (κ2) is 17.4. The van der Waals surface area contributed by atoms with Gasteiger partial charge in [-0.1, -0.05) is 13.8 Å². The summed E-state index contributed by atoms with van der Waals surface area (Å²) < 4.78 is 15.7. The maximum atomic E-state index is 13.6. The minimum Gasteiger partial charge on any atom is -0.394 e. The lowest BCUT2D eigenvalue weighted by atomic mass is 9.89. The molecule has 4 amide bonds. The highest BCUT2D eigenvalue weighted by Gasteiger charge is 2.37. The first-order valence-electron chi connectivity index (χ1n) is 15.0. The van der Waals surface area contributed by atoms with Crippen molar-refractivity contribution in [1.29, 1.82) is 0 Å². The summed E-state index contributed by atoms with van der Waals surface area (Å²) in [6, 6.07) is -3.23. The Kier molecular flexibility index (Phi) is 14.7. The van der Waals surface area contributed by atoms with Gasteiger partial charge in [-0.2, -0.15) is 0 Å². The van der Waals surface area contributed by atoms with Crippen LogP contribution in [0.5, 0.6) is 0 Å². The minimum absolute atomic E-state index is 0.0202. The molecular formula is C28H45N6O11P. The summed E-state index contributed by atoms with van der Waals surface area (Å²) in [5, 5.41) is 15.1. The van der Waals surface area contributed by atoms with Gasteiger partial charge >= 0.3 is 7.82 Å². The molecule has 1 fully saturated rings. The molecule has 0 aliphatic carbocycles. The van der Waals surface area contributed by atoms with E-state index >= 15 is 0 Å². The minimum atomic E-state index is -5.03. The lowest BCUT2D eigenvalue weighted by molar-refractivity contribution is -0.138. The summed E-state index contributed by atoms with van der Waals surface area (Å²) in [5.74, 6) is -6.54. The quantitative estimate of drug-likeness (QED) is 0.0882. The zero-order valence-corrected chi connectivity index (χ0v) is 27.3. The Morgan fingerprint density at radius 2 is 1.76 bits per heavy atom. The van der Waals surface area contributed by atoms with Crippen molar-refractivity contribution in [2.45, 2.75) is 90.4 Å². The number of aromatic nitrogens is 2. The van der Waals surface area contributed by atoms with Crippen LogP contribution in [-0.2, 0) is 44.3 Å². The molecule has 18 heteroatoms. The smallest absolute Gasteiger partial charge is 0.394 e. The van der Waals surface area contributed by atoms with Crippen LogP contribution in [0, 0.1) is 17.8 Å². The fourth-order valence-corrected chi connectivity index (χ4v) is 5.98. The predicted molar refractivity (Wildman–Crippen MR) is 161 cm³/mol. The van der Waals surface area contributed by atoms with Crippen molar-refractivity contribution in [3.63, 3.8) is 0 Å². The molecule has 0 spiro atoms. The van der Waals surface area contributed by atoms with Gasteiger partial charge in [-0.05, 0) is 32.1 Å². The van der Waals surface area contributed by atoms with Gasteiger partial charge in [0.1, 0.15) is 12.1 Å². The molecule has 17 nitrogen and oxygen atoms in total. The topological polar surface area (TPSA) is 271 Å². The van der Waals surface area contributed by atoms with Gasteiger partial charge in [0.2, 0.25) is 23.6 Å². The molecule has 0 saturated carbocycles. The first-order chi connectivity index (χ1) is 21.4. The van der Waals surface area contributed by atoms with Gasteiger partial charge in [-0.3, -0.25) is 33.3 Å². The summed E-state index contributed by atoms with van der Waals surface area (Å²) in [4.78, 5) is 104. The molecule has 8 N–H and O–H groups in total. The summed E-state index contributed by atoms with van der Waals surface area (Å²) in [6.07, 6.45) is 1.61. The SMILES string of the molecule is CC(=O)N1CCC[C@H]1C(=O)N[C@@H](CC(C)C)C(=O)C[C@@H](Cc1cnc[nH]1)C(=O)N[C@@H](CO)C(=O)C[C@H](C(N)=O)[C@@H](C)OP(=O)(O)O. The zero-order valence-electron chi connectivity index (χ0n) is 26.4. The van der Waals surface area contributed by atoms with E-state index in [4.69, 9.17) is 15.5 Å². The standard InChI is InChI=1S/C28H45N6O11P/c1-15(2)8-21(32-28(41)23-6-5-7-34(23)17(4)36)24(37)10-18(9-19-12-30-14-31-19)27(40)33-22(13-35)25(38)11-20(26(29)39)16(3)45-46(42,43)44/h12,14-16,18,20-23,35H,5-11,13H2,1-4H3,(H2,29,39)(H,30,31)(H,32,41)(H,33,40)(H2,42,43,44)/t16-,18-,20+,21+,22+,23+/m1/s1. The number of nitrogens with two attached hydrogens (primary N) is 1. The molecule has 1 aromatic heterocycles. The summed E-state index contributed by atoms with van der Waals surface area (Å²) in [5.41, 5.74) is 5.81. The molecular weight excluding hydrogens is 627 g/mol. The highest BCUT2D eigenvalue weighted by Crippen LogP contribution is 2.39. The van der Waals surface area contributed by atoms with Crippen molar-refractivity contribution in [3.05, 3.63) is 18.2 Å². The van der Waals surface area contributed by atoms with E-state index in [1.165, 1.54) is 24.3 Å². The van der Waals surface area contributed by atoms with E-state index in [0.717, 1.165) is 6.92 Å². The van der Waals surface area contributed by atoms with Gasteiger partial charge in [0, 0.05) is 44.6 Å². The summed E-state index contributed by atoms with van der Waals surface area (Å²) in [7, 11) is -5.03. The number of nitrogens with one attached hydrogen (secondary N) is 3. The Morgan fingerprint density at radius 3 is 2.28 bits per heavy atom. The van der Waals surface area contributed by atoms with E-state index < -0.39 is 86.2 Å². The molecule has 0 unspecified atom stereocenters. The van der Waals surface area contributed by atoms with Crippen LogP contribution in [0.25, 0.3) is 0 Å². The van der Waals surface area contributed by atoms with E-state index in [0.29, 0.717) is 25.1 Å². The summed E-state index contributed by atoms with van der Waals surface area (Å²) >= 11 is 0. The lowest BCUT2D eigenvalue weighted by Gasteiger charge is -2.27. The van der Waals surface area contributed by atoms with Crippen LogP contribution < -0.4 is 16.4 Å². The van der Waals surface area contributed by atoms with Crippen molar-refractivity contribution >= 4 is 43.0 Å². The first kappa shape index (κ1) is 38.7. The fraction of sp³-hybridized carbons (Fsp3) is 0.679. The number of ketones is 2. The van der Waals surface area contributed by atoms with Crippen molar-refractivity contribution in [1.82, 2.24) is 25.5 Å². The number of carbonyl (C=O) groups is 6. The fourth-order valence-electron chi connectivity index (χ4n) is 5.40. The molecule has 1 aliphatic rings. The number of likely N-dealkylation sites (tertiary alicyclic amines) is 1. The Balaban J connectivity index is 2.23. The molecule has 258 valence electrons. The Labute approximate surface area is 266 Å². The molecule has 1 aliphatic heterocycles. The maximum Gasteiger partial charge on any atom is 0.469 e. The molecule has 2 heterocycles. The number of hydrogen-bond donors (Lipinski definition) is 7. The van der Waals surface area contributed by atoms with Crippen LogP contribution in [0.3, 0.4) is 0 Å². The van der Waals surface area contributed by atoms with Crippen LogP contribution in [0.2, 0.25) is 0 Å². The van der Waals surface area contributed by atoms with Crippen molar-refractivity contribution < 1.29 is 52.7 Å². The number of Topliss-reactive ketones (excluding diaryl/α,β-unsaturated/α-hetero) is 2. The van der Waals surface area contributed by atoms with Crippen LogP contribution in [0.15, 0.2) is 12.5 Å². The average Bonchev–Trinajstić information content (AvgIpc) is 3.64. The third-order valence-electron chi connectivity index (χ3n) is 7.76. The van der Waals surface area contributed by atoms with Gasteiger partial charge < -0.3 is 41.1 Å². The number of phosphoric acid groups is 1. The third kappa shape index (κ3) is 12.0. The average molecular weight is 673 g/mol. The number of H-pyrrole nitrogens is 1. The van der Waals surface area contributed by atoms with Crippen LogP contribution in [0.1, 0.15) is 65.5 Å². The Bertz CT molecular complexity index is 1280. The number of nitrogens with zero attached hydrogens (tertiary/aromatic N) is 2. The maximum absolute atomic E-state index is 13.6. The lowest BCUT2D eigenvalue weighted by Crippen LogP contribution is -2.52. The highest BCUT2D eigenvalue weighted by molar-refractivity contribution is 7.46. The molecule has 46 heavy (non-hydrogen) atoms. The molecule has 0 bridgehead atoms. The van der Waals surface area contributed by atoms with Gasteiger partial charge in [-0.15, -0.1) is 0 Å². The third-order valence-corrected chi connectivity index (χ3v) is 8.36. The monoisotopic (exact) mass is 672 g/mol. The van der Waals surface area contributed by atoms with Gasteiger partial charge in [0.05, 0.1) is 36.9 Å². The number of hydrogen-bond acceptors (Lipinski definition) is 10. The number of rotatable bonds is 19. The van der Waals surface area contributed by atoms with Crippen molar-refractivity contribution in [3.8, 4) is 0 Å². The van der Waals surface area contributed by atoms with E-state index in [1.54, 1.807) is 0 Å². The summed E-state index contributed by atoms with van der Waals surface area (Å²) in [6.45, 7) is 5.77. The van der Waals surface area contributed by atoms with E-state index in [1.807, 2.05) is 13.8 Å². The largest absolute Gasteiger partial charge is 0.469 e. The molecule has 1 saturated heterocycles. The second-order valence-corrected chi connectivity index (χ2v) is 13.1. The highest BCUT2D eigenvalue weighted by atomic mass is 31.2. The van der Waals surface area contributed by atoms with Gasteiger partial charge in [-0.25, -0.2) is 9.55 Å². The van der Waals surface area contributed by atoms with Gasteiger partial charge in [0.25, 0.3) is 0 Å². The number of aliphatic hydroxyl groups excluding tert-OH is 1. The number of carbonyl (C=O) groups excluding carboxylic acids is 6. The molecule has 6 atom stereocenters. The number of amides is 4. The molecule has 0 radical (unpaired) electrons. The Hall–Kier alpha value is -3.50. The van der Waals surface area contributed by atoms with Crippen molar-refractivity contribution in [2.75, 3.05) is 13.2 Å². The van der Waals surface area contributed by atoms with E-state index in [2.05, 4.69) is 25.1 Å². The number of primary amides is 1. The first-order valence-corrected chi connectivity index (χ1v) is 16.5. The van der Waals surface area contributed by atoms with Crippen LogP contribution in [0.4, 0.5) is 0 Å². The van der Waals surface area contributed by atoms with Crippen molar-refractivity contribution in [2.24, 2.45) is 23.5 Å². The Morgan fingerprint density at radius 1 is 1.11 bits per heavy atom. The molecule has 0 aromatic carbocycles. The van der Waals surface area contributed by atoms with Crippen LogP contribution >= 0.6 is 7.82 Å². The number of aromatic amines is 1. The number of phosphoric ester groups is 1. The zero-order chi connectivity index (χ0) is 34.8. The van der Waals surface area contributed by atoms with E-state index in [9.17, 15) is 38.4 Å². The van der Waals surface area contributed by atoms with Gasteiger partial charge in [0.15, 0.2) is 11.6 Å². The molecule has 1 aromatic rings. The molecule has 2 rings (SSSR count). The van der Waals surface area contributed by atoms with Crippen LogP contribution in [-0.4, -0.2) is 102 Å². The number of aliphatic hydroxyl groups is 1. The number of imidazole rings is 1. The predicted octanol–water partition coefficient (Wildman–Crippen LogP) is -0.895. The normalized spacial score (nSPS) is 18.3. The van der Waals surface area contributed by atoms with E-state index in [-0.39, 0.29) is 31.1 Å². The second-order valence-electron chi connectivity index (χ2n) is 11.9.